The van der Waals surface area contributed by atoms with E-state index in [9.17, 15) is 0 Å². The lowest BCUT2D eigenvalue weighted by molar-refractivity contribution is 1.22. The molecular formula is C56H34N2. The average Bonchev–Trinajstić information content (AvgIpc) is 3.30. The van der Waals surface area contributed by atoms with Gasteiger partial charge < -0.3 is 0 Å². The molecule has 1 aromatic heterocycles. The summed E-state index contributed by atoms with van der Waals surface area (Å²) in [5.41, 5.74) is 8.17. The van der Waals surface area contributed by atoms with Crippen LogP contribution in [0.4, 0.5) is 0 Å². The van der Waals surface area contributed by atoms with Crippen LogP contribution < -0.4 is 0 Å². The quantitative estimate of drug-likeness (QED) is 0.133. The normalized spacial score (nSPS) is 11.8. The van der Waals surface area contributed by atoms with Crippen molar-refractivity contribution in [2.24, 2.45) is 0 Å². The van der Waals surface area contributed by atoms with Gasteiger partial charge in [-0.2, -0.15) is 0 Å². The summed E-state index contributed by atoms with van der Waals surface area (Å²) in [4.78, 5) is 10.7. The van der Waals surface area contributed by atoms with E-state index in [-0.39, 0.29) is 0 Å². The predicted molar refractivity (Wildman–Crippen MR) is 246 cm³/mol. The topological polar surface area (TPSA) is 25.8 Å². The second kappa shape index (κ2) is 12.9. The number of nitrogens with zero attached hydrogens (tertiary/aromatic N) is 2. The van der Waals surface area contributed by atoms with Crippen LogP contribution in [0.3, 0.4) is 0 Å². The molecule has 0 atom stereocenters. The summed E-state index contributed by atoms with van der Waals surface area (Å²) in [6, 6.07) is 72.5. The first-order valence-corrected chi connectivity index (χ1v) is 19.9. The summed E-state index contributed by atoms with van der Waals surface area (Å²) in [7, 11) is 0. The molecule has 0 saturated carbocycles. The summed E-state index contributed by atoms with van der Waals surface area (Å²) in [5.74, 6) is 0. The lowest BCUT2D eigenvalue weighted by Crippen LogP contribution is -1.98. The van der Waals surface area contributed by atoms with Crippen LogP contribution in [0.25, 0.3) is 120 Å². The molecule has 0 unspecified atom stereocenters. The van der Waals surface area contributed by atoms with Crippen molar-refractivity contribution in [3.05, 3.63) is 206 Å². The van der Waals surface area contributed by atoms with E-state index in [2.05, 4.69) is 188 Å². The Kier molecular flexibility index (Phi) is 7.26. The van der Waals surface area contributed by atoms with Crippen molar-refractivity contribution in [1.29, 1.82) is 0 Å². The Morgan fingerprint density at radius 3 is 1.29 bits per heavy atom. The Hall–Kier alpha value is -7.68. The van der Waals surface area contributed by atoms with Gasteiger partial charge in [-0.05, 0) is 92.6 Å². The molecule has 2 nitrogen and oxygen atoms in total. The molecule has 0 amide bonds. The molecule has 0 fully saturated rings. The Morgan fingerprint density at radius 1 is 0.276 bits per heavy atom. The third kappa shape index (κ3) is 4.92. The van der Waals surface area contributed by atoms with Gasteiger partial charge in [-0.15, -0.1) is 0 Å². The van der Waals surface area contributed by atoms with E-state index in [1.54, 1.807) is 0 Å². The van der Waals surface area contributed by atoms with E-state index in [0.29, 0.717) is 0 Å². The molecule has 0 spiro atoms. The first-order chi connectivity index (χ1) is 28.8. The standard InChI is InChI=1S/C56H34N2/c1-3-15-37(16-4-1)55-56(38-17-5-2-6-18-38)58-50(34-57-55)54-47-25-11-9-23-45(47)51(46-24-10-12-26-48(46)54)39-31-32-42-44-28-14-20-36-30-29-35-19-13-27-43(52(35)53(36)44)40-21-7-8-22-41(40)49(42)33-39/h1-34H. The lowest BCUT2D eigenvalue weighted by atomic mass is 9.85. The van der Waals surface area contributed by atoms with Crippen molar-refractivity contribution in [3.8, 4) is 44.9 Å². The van der Waals surface area contributed by atoms with Crippen molar-refractivity contribution >= 4 is 75.4 Å². The van der Waals surface area contributed by atoms with Gasteiger partial charge >= 0.3 is 0 Å². The summed E-state index contributed by atoms with van der Waals surface area (Å²) >= 11 is 0. The van der Waals surface area contributed by atoms with Crippen LogP contribution in [-0.2, 0) is 0 Å². The lowest BCUT2D eigenvalue weighted by Gasteiger charge is -2.19. The van der Waals surface area contributed by atoms with Crippen LogP contribution in [0.15, 0.2) is 206 Å². The first-order valence-electron chi connectivity index (χ1n) is 19.9. The minimum absolute atomic E-state index is 0.852. The summed E-state index contributed by atoms with van der Waals surface area (Å²) in [6.07, 6.45) is 1.96. The van der Waals surface area contributed by atoms with Gasteiger partial charge in [0.25, 0.3) is 0 Å². The van der Waals surface area contributed by atoms with Gasteiger partial charge in [-0.1, -0.05) is 194 Å². The van der Waals surface area contributed by atoms with Gasteiger partial charge in [0.15, 0.2) is 0 Å². The minimum Gasteiger partial charge on any atom is -0.252 e. The van der Waals surface area contributed by atoms with Crippen molar-refractivity contribution < 1.29 is 0 Å². The van der Waals surface area contributed by atoms with Gasteiger partial charge in [0.05, 0.1) is 23.3 Å². The molecule has 0 radical (unpaired) electrons. The van der Waals surface area contributed by atoms with Crippen molar-refractivity contribution in [1.82, 2.24) is 9.97 Å². The Balaban J connectivity index is 1.17. The van der Waals surface area contributed by atoms with E-state index in [0.717, 1.165) is 44.5 Å². The van der Waals surface area contributed by atoms with Gasteiger partial charge in [0, 0.05) is 16.7 Å². The molecule has 0 aliphatic carbocycles. The second-order valence-electron chi connectivity index (χ2n) is 15.2. The molecule has 0 N–H and O–H groups in total. The molecule has 0 aliphatic rings. The highest BCUT2D eigenvalue weighted by molar-refractivity contribution is 6.33. The van der Waals surface area contributed by atoms with E-state index in [1.807, 2.05) is 18.3 Å². The number of benzene rings is 10. The van der Waals surface area contributed by atoms with Gasteiger partial charge in [0.2, 0.25) is 0 Å². The second-order valence-corrected chi connectivity index (χ2v) is 15.2. The highest BCUT2D eigenvalue weighted by atomic mass is 14.8. The molecule has 268 valence electrons. The summed E-state index contributed by atoms with van der Waals surface area (Å²) < 4.78 is 0. The Bertz CT molecular complexity index is 3550. The number of aromatic nitrogens is 2. The van der Waals surface area contributed by atoms with Crippen molar-refractivity contribution in [2.45, 2.75) is 0 Å². The van der Waals surface area contributed by atoms with Crippen LogP contribution in [-0.4, -0.2) is 9.97 Å². The zero-order valence-corrected chi connectivity index (χ0v) is 31.5. The molecule has 11 aromatic carbocycles. The van der Waals surface area contributed by atoms with Gasteiger partial charge in [-0.3, -0.25) is 4.98 Å². The van der Waals surface area contributed by atoms with Crippen molar-refractivity contribution in [2.75, 3.05) is 0 Å². The molecule has 12 rings (SSSR count). The third-order valence-electron chi connectivity index (χ3n) is 12.0. The van der Waals surface area contributed by atoms with Gasteiger partial charge in [0.1, 0.15) is 0 Å². The molecule has 0 bridgehead atoms. The Morgan fingerprint density at radius 2 is 0.724 bits per heavy atom. The smallest absolute Gasteiger partial charge is 0.0972 e. The fraction of sp³-hybridized carbons (Fsp3) is 0. The maximum atomic E-state index is 5.48. The largest absolute Gasteiger partial charge is 0.252 e. The first kappa shape index (κ1) is 32.6. The highest BCUT2D eigenvalue weighted by Gasteiger charge is 2.21. The molecule has 0 saturated heterocycles. The zero-order valence-electron chi connectivity index (χ0n) is 31.5. The number of rotatable bonds is 4. The van der Waals surface area contributed by atoms with E-state index >= 15 is 0 Å². The SMILES string of the molecule is c1ccc(-c2ncc(-c3c4ccccc4c(-c4ccc5c(c4)c4ccccc4c4cccc6ccc7cccc5c7c64)c4ccccc34)nc2-c2ccccc2)cc1. The maximum Gasteiger partial charge on any atom is 0.0972 e. The molecule has 12 aromatic rings. The Labute approximate surface area is 335 Å². The molecular weight excluding hydrogens is 701 g/mol. The van der Waals surface area contributed by atoms with E-state index in [1.165, 1.54) is 75.8 Å². The van der Waals surface area contributed by atoms with Gasteiger partial charge in [-0.25, -0.2) is 4.98 Å². The van der Waals surface area contributed by atoms with E-state index in [4.69, 9.17) is 9.97 Å². The van der Waals surface area contributed by atoms with Crippen LogP contribution in [0, 0.1) is 0 Å². The molecule has 0 aliphatic heterocycles. The van der Waals surface area contributed by atoms with Crippen LogP contribution in [0.2, 0.25) is 0 Å². The number of hydrogen-bond donors (Lipinski definition) is 0. The summed E-state index contributed by atoms with van der Waals surface area (Å²) in [5, 5.41) is 17.3. The van der Waals surface area contributed by atoms with Crippen LogP contribution in [0.1, 0.15) is 0 Å². The van der Waals surface area contributed by atoms with Crippen molar-refractivity contribution in [3.63, 3.8) is 0 Å². The summed E-state index contributed by atoms with van der Waals surface area (Å²) in [6.45, 7) is 0. The number of hydrogen-bond acceptors (Lipinski definition) is 2. The van der Waals surface area contributed by atoms with Crippen LogP contribution >= 0.6 is 0 Å². The monoisotopic (exact) mass is 734 g/mol. The van der Waals surface area contributed by atoms with Crippen LogP contribution in [0.5, 0.6) is 0 Å². The highest BCUT2D eigenvalue weighted by Crippen LogP contribution is 2.46. The van der Waals surface area contributed by atoms with E-state index < -0.39 is 0 Å². The molecule has 58 heavy (non-hydrogen) atoms. The minimum atomic E-state index is 0.852. The predicted octanol–water partition coefficient (Wildman–Crippen LogP) is 15.2. The zero-order chi connectivity index (χ0) is 38.2. The fourth-order valence-electron chi connectivity index (χ4n) is 9.54. The number of fused-ring (bicyclic) bond motifs is 7. The molecule has 2 heteroatoms. The molecule has 1 heterocycles. The average molecular weight is 735 g/mol. The third-order valence-corrected chi connectivity index (χ3v) is 12.0. The fourth-order valence-corrected chi connectivity index (χ4v) is 9.54. The maximum absolute atomic E-state index is 5.48.